The molecule has 0 aliphatic heterocycles. The fourth-order valence-electron chi connectivity index (χ4n) is 2.03. The summed E-state index contributed by atoms with van der Waals surface area (Å²) in [4.78, 5) is 16.7. The van der Waals surface area contributed by atoms with Gasteiger partial charge in [0.1, 0.15) is 10.6 Å². The average Bonchev–Trinajstić information content (AvgIpc) is 2.92. The molecule has 0 bridgehead atoms. The van der Waals surface area contributed by atoms with Crippen LogP contribution in [0.4, 0.5) is 0 Å². The van der Waals surface area contributed by atoms with E-state index >= 15 is 0 Å². The number of pyridine rings is 1. The van der Waals surface area contributed by atoms with Crippen LogP contribution >= 0.6 is 11.8 Å². The molecule has 6 nitrogen and oxygen atoms in total. The molecule has 23 heavy (non-hydrogen) atoms. The molecule has 7 heteroatoms. The minimum atomic E-state index is -1.18. The van der Waals surface area contributed by atoms with Crippen LogP contribution in [0.5, 0.6) is 0 Å². The van der Waals surface area contributed by atoms with E-state index in [-0.39, 0.29) is 12.5 Å². The number of nitrogens with zero attached hydrogens (tertiary/aromatic N) is 3. The lowest BCUT2D eigenvalue weighted by molar-refractivity contribution is 0.0525. The first-order valence-corrected chi connectivity index (χ1v) is 8.29. The molecule has 0 saturated carbocycles. The van der Waals surface area contributed by atoms with E-state index in [1.54, 1.807) is 49.4 Å². The van der Waals surface area contributed by atoms with Crippen LogP contribution in [0, 0.1) is 0 Å². The van der Waals surface area contributed by atoms with E-state index < -0.39 is 5.60 Å². The summed E-state index contributed by atoms with van der Waals surface area (Å²) in [5.74, 6) is -0.245. The first kappa shape index (κ1) is 17.5. The number of carbonyl (C=O) groups is 1. The first-order valence-electron chi connectivity index (χ1n) is 7.41. The molecule has 2 rings (SSSR count). The average molecular weight is 334 g/mol. The summed E-state index contributed by atoms with van der Waals surface area (Å²) in [6.45, 7) is 5.85. The van der Waals surface area contributed by atoms with Crippen LogP contribution in [0.25, 0.3) is 0 Å². The summed E-state index contributed by atoms with van der Waals surface area (Å²) >= 11 is 1.54. The summed E-state index contributed by atoms with van der Waals surface area (Å²) < 4.78 is 1.62. The molecule has 2 aromatic rings. The maximum absolute atomic E-state index is 12.4. The third-order valence-corrected chi connectivity index (χ3v) is 4.30. The molecule has 0 unspecified atom stereocenters. The molecule has 0 radical (unpaired) electrons. The van der Waals surface area contributed by atoms with Crippen molar-refractivity contribution in [2.75, 3.05) is 6.54 Å². The zero-order chi connectivity index (χ0) is 17.0. The maximum Gasteiger partial charge on any atom is 0.254 e. The van der Waals surface area contributed by atoms with Crippen LogP contribution < -0.4 is 5.32 Å². The van der Waals surface area contributed by atoms with Gasteiger partial charge in [-0.1, -0.05) is 13.8 Å². The van der Waals surface area contributed by atoms with Gasteiger partial charge in [-0.15, -0.1) is 11.8 Å². The van der Waals surface area contributed by atoms with Crippen molar-refractivity contribution >= 4 is 17.7 Å². The van der Waals surface area contributed by atoms with Crippen molar-refractivity contribution in [1.29, 1.82) is 0 Å². The largest absolute Gasteiger partial charge is 0.383 e. The number of nitrogens with one attached hydrogen (secondary N) is 1. The Morgan fingerprint density at radius 3 is 2.87 bits per heavy atom. The smallest absolute Gasteiger partial charge is 0.254 e. The number of thioether (sulfide) groups is 1. The van der Waals surface area contributed by atoms with E-state index in [4.69, 9.17) is 0 Å². The highest BCUT2D eigenvalue weighted by molar-refractivity contribution is 7.99. The number of amides is 1. The van der Waals surface area contributed by atoms with Crippen LogP contribution in [0.2, 0.25) is 0 Å². The monoisotopic (exact) mass is 334 g/mol. The predicted molar refractivity (Wildman–Crippen MR) is 90.3 cm³/mol. The maximum atomic E-state index is 12.4. The molecule has 0 aliphatic carbocycles. The zero-order valence-electron chi connectivity index (χ0n) is 13.8. The number of rotatable bonds is 6. The second kappa shape index (κ2) is 7.14. The molecule has 124 valence electrons. The van der Waals surface area contributed by atoms with Gasteiger partial charge in [0.2, 0.25) is 0 Å². The Morgan fingerprint density at radius 2 is 2.26 bits per heavy atom. The summed E-state index contributed by atoms with van der Waals surface area (Å²) in [5, 5.41) is 18.4. The zero-order valence-corrected chi connectivity index (χ0v) is 14.6. The number of aliphatic hydroxyl groups is 1. The van der Waals surface area contributed by atoms with Crippen LogP contribution in [-0.2, 0) is 12.6 Å². The standard InChI is InChI=1S/C16H22N4O2S/c1-11(2)23-15-13(6-5-7-17-15)14(21)18-10-16(3,22)12-8-19-20(4)9-12/h5-9,11,22H,10H2,1-4H3,(H,18,21)/t16-/m0/s1. The fraction of sp³-hybridized carbons (Fsp3) is 0.438. The van der Waals surface area contributed by atoms with Gasteiger partial charge in [0.05, 0.1) is 18.3 Å². The Kier molecular flexibility index (Phi) is 5.43. The van der Waals surface area contributed by atoms with Gasteiger partial charge in [-0.05, 0) is 19.1 Å². The van der Waals surface area contributed by atoms with E-state index in [0.29, 0.717) is 21.4 Å². The second-order valence-corrected chi connectivity index (χ2v) is 7.45. The molecule has 2 N–H and O–H groups in total. The third-order valence-electron chi connectivity index (χ3n) is 3.28. The minimum Gasteiger partial charge on any atom is -0.383 e. The normalized spacial score (nSPS) is 13.8. The number of aryl methyl sites for hydroxylation is 1. The molecule has 2 aromatic heterocycles. The topological polar surface area (TPSA) is 80.0 Å². The molecule has 0 spiro atoms. The van der Waals surface area contributed by atoms with Crippen molar-refractivity contribution in [2.45, 2.75) is 36.6 Å². The molecule has 1 atom stereocenters. The van der Waals surface area contributed by atoms with Crippen LogP contribution in [-0.4, -0.2) is 37.6 Å². The van der Waals surface area contributed by atoms with Gasteiger partial charge in [0.25, 0.3) is 5.91 Å². The summed E-state index contributed by atoms with van der Waals surface area (Å²) in [5.41, 5.74) is -0.00578. The number of hydrogen-bond acceptors (Lipinski definition) is 5. The van der Waals surface area contributed by atoms with Gasteiger partial charge >= 0.3 is 0 Å². The number of aromatic nitrogens is 3. The van der Waals surface area contributed by atoms with E-state index in [9.17, 15) is 9.90 Å². The SMILES string of the molecule is CC(C)Sc1ncccc1C(=O)NC[C@](C)(O)c1cnn(C)c1. The Bertz CT molecular complexity index is 682. The van der Waals surface area contributed by atoms with Crippen molar-refractivity contribution in [1.82, 2.24) is 20.1 Å². The highest BCUT2D eigenvalue weighted by atomic mass is 32.2. The van der Waals surface area contributed by atoms with Crippen LogP contribution in [0.1, 0.15) is 36.7 Å². The van der Waals surface area contributed by atoms with Gasteiger partial charge in [0.15, 0.2) is 0 Å². The van der Waals surface area contributed by atoms with Crippen molar-refractivity contribution in [3.05, 3.63) is 41.9 Å². The van der Waals surface area contributed by atoms with E-state index in [1.165, 1.54) is 11.8 Å². The molecule has 0 saturated heterocycles. The Hall–Kier alpha value is -1.86. The van der Waals surface area contributed by atoms with Gasteiger partial charge in [-0.25, -0.2) is 4.98 Å². The van der Waals surface area contributed by atoms with Gasteiger partial charge in [0, 0.05) is 30.3 Å². The van der Waals surface area contributed by atoms with Gasteiger partial charge < -0.3 is 10.4 Å². The summed E-state index contributed by atoms with van der Waals surface area (Å²) in [7, 11) is 1.78. The van der Waals surface area contributed by atoms with E-state index in [1.807, 2.05) is 13.8 Å². The molecular weight excluding hydrogens is 312 g/mol. The molecule has 0 fully saturated rings. The van der Waals surface area contributed by atoms with E-state index in [0.717, 1.165) is 0 Å². The Morgan fingerprint density at radius 1 is 1.52 bits per heavy atom. The van der Waals surface area contributed by atoms with Crippen molar-refractivity contribution in [3.8, 4) is 0 Å². The molecule has 0 aromatic carbocycles. The second-order valence-electron chi connectivity index (χ2n) is 5.88. The number of carbonyl (C=O) groups excluding carboxylic acids is 1. The highest BCUT2D eigenvalue weighted by Crippen LogP contribution is 2.24. The highest BCUT2D eigenvalue weighted by Gasteiger charge is 2.26. The molecule has 1 amide bonds. The summed E-state index contributed by atoms with van der Waals surface area (Å²) in [6, 6.07) is 3.48. The molecule has 0 aliphatic rings. The van der Waals surface area contributed by atoms with Gasteiger partial charge in [-0.2, -0.15) is 5.10 Å². The van der Waals surface area contributed by atoms with Crippen LogP contribution in [0.15, 0.2) is 35.7 Å². The van der Waals surface area contributed by atoms with Crippen LogP contribution in [0.3, 0.4) is 0 Å². The molecule has 2 heterocycles. The van der Waals surface area contributed by atoms with Crippen molar-refractivity contribution < 1.29 is 9.90 Å². The lowest BCUT2D eigenvalue weighted by Gasteiger charge is -2.22. The fourth-order valence-corrected chi connectivity index (χ4v) is 2.89. The van der Waals surface area contributed by atoms with Crippen molar-refractivity contribution in [2.24, 2.45) is 7.05 Å². The molecular formula is C16H22N4O2S. The summed E-state index contributed by atoms with van der Waals surface area (Å²) in [6.07, 6.45) is 5.00. The Labute approximate surface area is 140 Å². The lowest BCUT2D eigenvalue weighted by atomic mass is 9.99. The van der Waals surface area contributed by atoms with Crippen molar-refractivity contribution in [3.63, 3.8) is 0 Å². The Balaban J connectivity index is 2.08. The number of hydrogen-bond donors (Lipinski definition) is 2. The predicted octanol–water partition coefficient (Wildman–Crippen LogP) is 1.95. The minimum absolute atomic E-state index is 0.0954. The van der Waals surface area contributed by atoms with E-state index in [2.05, 4.69) is 15.4 Å². The lowest BCUT2D eigenvalue weighted by Crippen LogP contribution is -2.38. The quantitative estimate of drug-likeness (QED) is 0.789. The first-order chi connectivity index (χ1) is 10.8. The third kappa shape index (κ3) is 4.56. The van der Waals surface area contributed by atoms with Gasteiger partial charge in [-0.3, -0.25) is 9.48 Å².